The minimum Gasteiger partial charge on any atom is -0.264 e. The number of pyridine rings is 3. The third kappa shape index (κ3) is 5.91. The monoisotopic (exact) mass is 809 g/mol. The predicted molar refractivity (Wildman–Crippen MR) is 249 cm³/mol. The molecule has 6 aromatic carbocycles. The van der Waals surface area contributed by atoms with Crippen molar-refractivity contribution in [3.05, 3.63) is 235 Å². The molecule has 12 rings (SSSR count). The summed E-state index contributed by atoms with van der Waals surface area (Å²) in [4.78, 5) is 26.9. The van der Waals surface area contributed by atoms with Crippen molar-refractivity contribution in [3.63, 3.8) is 0 Å². The van der Waals surface area contributed by atoms with E-state index in [2.05, 4.69) is 162 Å². The van der Waals surface area contributed by atoms with Crippen LogP contribution in [-0.4, -0.2) is 24.9 Å². The van der Waals surface area contributed by atoms with Gasteiger partial charge in [0.05, 0.1) is 28.2 Å². The van der Waals surface area contributed by atoms with Gasteiger partial charge in [0.15, 0.2) is 5.82 Å². The average molecular weight is 810 g/mol. The molecule has 0 fully saturated rings. The Bertz CT molecular complexity index is 2980. The molecule has 0 saturated heterocycles. The van der Waals surface area contributed by atoms with Crippen molar-refractivity contribution in [2.24, 2.45) is 0 Å². The van der Waals surface area contributed by atoms with E-state index in [-0.39, 0.29) is 0 Å². The maximum Gasteiger partial charge on any atom is 0.160 e. The Labute approximate surface area is 364 Å². The van der Waals surface area contributed by atoms with Crippen molar-refractivity contribution in [1.29, 1.82) is 0 Å². The minimum absolute atomic E-state index is 0.613. The van der Waals surface area contributed by atoms with Crippen LogP contribution in [0.5, 0.6) is 0 Å². The van der Waals surface area contributed by atoms with Crippen molar-refractivity contribution < 1.29 is 0 Å². The number of hydrogen-bond donors (Lipinski definition) is 0. The van der Waals surface area contributed by atoms with Gasteiger partial charge in [-0.05, 0) is 111 Å². The maximum atomic E-state index is 5.28. The molecule has 0 atom stereocenters. The van der Waals surface area contributed by atoms with Crippen LogP contribution in [0.25, 0.3) is 78.7 Å². The van der Waals surface area contributed by atoms with E-state index >= 15 is 0 Å². The molecule has 2 aliphatic rings. The highest BCUT2D eigenvalue weighted by Crippen LogP contribution is 2.63. The quantitative estimate of drug-likeness (QED) is 0.167. The molecule has 5 nitrogen and oxygen atoms in total. The standard InChI is InChI=1S/C56H35N5S/c1-3-13-36(14-4-1)51-33-52(61-55(60-51)37-15-5-2-6-16-37)39-24-26-54-48(30-39)56(45-21-9-7-19-43(45)44-20-8-10-22-46(44)56)47-29-38(23-25-53(47)62-54)42-31-49(40-17-11-27-57-34-40)59-50(32-42)41-18-12-28-58-35-41/h1-35H. The second-order valence-corrected chi connectivity index (χ2v) is 16.8. The molecule has 1 aliphatic carbocycles. The van der Waals surface area contributed by atoms with Crippen LogP contribution in [0.1, 0.15) is 22.3 Å². The molecule has 0 amide bonds. The fourth-order valence-electron chi connectivity index (χ4n) is 9.33. The first-order valence-electron chi connectivity index (χ1n) is 20.7. The zero-order chi connectivity index (χ0) is 41.0. The van der Waals surface area contributed by atoms with Crippen LogP contribution in [0, 0.1) is 0 Å². The Morgan fingerprint density at radius 3 is 1.39 bits per heavy atom. The largest absolute Gasteiger partial charge is 0.264 e. The molecule has 62 heavy (non-hydrogen) atoms. The fourth-order valence-corrected chi connectivity index (χ4v) is 10.5. The first-order chi connectivity index (χ1) is 30.7. The summed E-state index contributed by atoms with van der Waals surface area (Å²) in [5.74, 6) is 0.698. The molecule has 0 unspecified atom stereocenters. The lowest BCUT2D eigenvalue weighted by Gasteiger charge is -2.40. The third-order valence-corrected chi connectivity index (χ3v) is 13.3. The van der Waals surface area contributed by atoms with Gasteiger partial charge in [-0.1, -0.05) is 133 Å². The summed E-state index contributed by atoms with van der Waals surface area (Å²) in [6.45, 7) is 0. The van der Waals surface area contributed by atoms with Gasteiger partial charge in [-0.3, -0.25) is 9.97 Å². The first-order valence-corrected chi connectivity index (χ1v) is 21.5. The number of rotatable bonds is 6. The maximum absolute atomic E-state index is 5.28. The molecule has 10 aromatic rings. The van der Waals surface area contributed by atoms with E-state index in [9.17, 15) is 0 Å². The Morgan fingerprint density at radius 2 is 0.806 bits per heavy atom. The van der Waals surface area contributed by atoms with Crippen LogP contribution in [-0.2, 0) is 5.41 Å². The van der Waals surface area contributed by atoms with E-state index in [4.69, 9.17) is 15.0 Å². The van der Waals surface area contributed by atoms with Gasteiger partial charge in [0.1, 0.15) is 0 Å². The van der Waals surface area contributed by atoms with Gasteiger partial charge in [-0.15, -0.1) is 0 Å². The van der Waals surface area contributed by atoms with Crippen molar-refractivity contribution in [2.75, 3.05) is 0 Å². The minimum atomic E-state index is -0.613. The van der Waals surface area contributed by atoms with E-state index in [1.807, 2.05) is 60.6 Å². The van der Waals surface area contributed by atoms with Gasteiger partial charge >= 0.3 is 0 Å². The van der Waals surface area contributed by atoms with Gasteiger partial charge in [-0.2, -0.15) is 0 Å². The Kier molecular flexibility index (Phi) is 8.57. The van der Waals surface area contributed by atoms with Crippen LogP contribution >= 0.6 is 11.8 Å². The molecule has 5 heterocycles. The summed E-state index contributed by atoms with van der Waals surface area (Å²) in [7, 11) is 0. The smallest absolute Gasteiger partial charge is 0.160 e. The SMILES string of the molecule is c1ccc(-c2cc(-c3ccc4c(c3)C3(c5cc(-c6cc(-c7cccnc7)nc(-c7cccnc7)c6)ccc5S4)c4ccccc4-c4ccccc43)nc(-c3ccccc3)n2)cc1. The highest BCUT2D eigenvalue weighted by Gasteiger charge is 2.50. The number of aromatic nitrogens is 5. The Hall–Kier alpha value is -7.80. The van der Waals surface area contributed by atoms with Gasteiger partial charge in [0.25, 0.3) is 0 Å². The highest BCUT2D eigenvalue weighted by molar-refractivity contribution is 7.99. The predicted octanol–water partition coefficient (Wildman–Crippen LogP) is 13.5. The van der Waals surface area contributed by atoms with Gasteiger partial charge < -0.3 is 0 Å². The molecule has 290 valence electrons. The molecule has 0 radical (unpaired) electrons. The zero-order valence-corrected chi connectivity index (χ0v) is 34.2. The van der Waals surface area contributed by atoms with E-state index in [0.717, 1.165) is 61.7 Å². The van der Waals surface area contributed by atoms with E-state index in [1.54, 1.807) is 12.4 Å². The third-order valence-electron chi connectivity index (χ3n) is 12.1. The average Bonchev–Trinajstić information content (AvgIpc) is 3.65. The van der Waals surface area contributed by atoms with Crippen LogP contribution in [0.3, 0.4) is 0 Å². The van der Waals surface area contributed by atoms with Crippen molar-refractivity contribution >= 4 is 11.8 Å². The summed E-state index contributed by atoms with van der Waals surface area (Å²) in [5.41, 5.74) is 17.6. The molecule has 4 aromatic heterocycles. The fraction of sp³-hybridized carbons (Fsp3) is 0.0179. The molecular weight excluding hydrogens is 775 g/mol. The van der Waals surface area contributed by atoms with Crippen molar-refractivity contribution in [2.45, 2.75) is 15.2 Å². The molecule has 6 heteroatoms. The second-order valence-electron chi connectivity index (χ2n) is 15.7. The van der Waals surface area contributed by atoms with Crippen LogP contribution in [0.2, 0.25) is 0 Å². The van der Waals surface area contributed by atoms with Crippen molar-refractivity contribution in [3.8, 4) is 78.7 Å². The molecule has 0 N–H and O–H groups in total. The molecule has 0 bridgehead atoms. The van der Waals surface area contributed by atoms with E-state index in [0.29, 0.717) is 5.82 Å². The molecule has 1 aliphatic heterocycles. The number of nitrogens with zero attached hydrogens (tertiary/aromatic N) is 5. The lowest BCUT2D eigenvalue weighted by atomic mass is 9.66. The normalized spacial score (nSPS) is 12.9. The van der Waals surface area contributed by atoms with Gasteiger partial charge in [0.2, 0.25) is 0 Å². The molecule has 0 saturated carbocycles. The van der Waals surface area contributed by atoms with E-state index < -0.39 is 5.41 Å². The lowest BCUT2D eigenvalue weighted by Crippen LogP contribution is -2.32. The second kappa shape index (κ2) is 14.7. The number of fused-ring (bicyclic) bond motifs is 9. The van der Waals surface area contributed by atoms with Crippen LogP contribution in [0.4, 0.5) is 0 Å². The highest BCUT2D eigenvalue weighted by atomic mass is 32.2. The number of benzene rings is 6. The summed E-state index contributed by atoms with van der Waals surface area (Å²) in [6.07, 6.45) is 7.35. The van der Waals surface area contributed by atoms with Crippen molar-refractivity contribution in [1.82, 2.24) is 24.9 Å². The summed E-state index contributed by atoms with van der Waals surface area (Å²) < 4.78 is 0. The summed E-state index contributed by atoms with van der Waals surface area (Å²) in [6, 6.07) is 67.1. The zero-order valence-electron chi connectivity index (χ0n) is 33.4. The Morgan fingerprint density at radius 1 is 0.323 bits per heavy atom. The van der Waals surface area contributed by atoms with Gasteiger partial charge in [-0.25, -0.2) is 15.0 Å². The van der Waals surface area contributed by atoms with Crippen LogP contribution in [0.15, 0.2) is 223 Å². The summed E-state index contributed by atoms with van der Waals surface area (Å²) >= 11 is 1.84. The lowest BCUT2D eigenvalue weighted by molar-refractivity contribution is 0.723. The topological polar surface area (TPSA) is 64.5 Å². The van der Waals surface area contributed by atoms with Gasteiger partial charge in [0, 0.05) is 62.4 Å². The first kappa shape index (κ1) is 36.1. The molecular formula is C56H35N5S. The van der Waals surface area contributed by atoms with Crippen LogP contribution < -0.4 is 0 Å². The summed E-state index contributed by atoms with van der Waals surface area (Å²) in [5, 5.41) is 0. The number of hydrogen-bond acceptors (Lipinski definition) is 6. The Balaban J connectivity index is 1.10. The molecule has 1 spiro atoms. The van der Waals surface area contributed by atoms with E-state index in [1.165, 1.54) is 43.2 Å².